The molecule has 0 radical (unpaired) electrons. The number of fused-ring (bicyclic) bond motifs is 1. The van der Waals surface area contributed by atoms with Crippen molar-refractivity contribution in [3.8, 4) is 11.3 Å². The largest absolute Gasteiger partial charge is 0.456 e. The average Bonchev–Trinajstić information content (AvgIpc) is 3.38. The minimum absolute atomic E-state index is 0.229. The van der Waals surface area contributed by atoms with E-state index in [0.29, 0.717) is 48.0 Å². The number of nitrogens with one attached hydrogen (secondary N) is 1. The van der Waals surface area contributed by atoms with Gasteiger partial charge >= 0.3 is 6.55 Å². The van der Waals surface area contributed by atoms with Crippen molar-refractivity contribution in [3.05, 3.63) is 84.3 Å². The first kappa shape index (κ1) is 27.1. The minimum Gasteiger partial charge on any atom is -0.456 e. The predicted molar refractivity (Wildman–Crippen MR) is 152 cm³/mol. The van der Waals surface area contributed by atoms with Gasteiger partial charge in [-0.2, -0.15) is 8.78 Å². The number of benzene rings is 2. The number of hydrogen-bond donors (Lipinski definition) is 1. The molecule has 2 fully saturated rings. The molecule has 10 nitrogen and oxygen atoms in total. The van der Waals surface area contributed by atoms with Crippen molar-refractivity contribution in [1.29, 1.82) is 0 Å². The van der Waals surface area contributed by atoms with E-state index in [-0.39, 0.29) is 18.2 Å². The molecule has 0 bridgehead atoms. The molecule has 1 saturated carbocycles. The SMILES string of the molecule is O=C(Nc1ccc2oc(-c3ccnc(N4CCN(C(c5ccccc5)c5nnn(C(F)F)n5)CC4)c3)cc2c1)[C@@H]1C[C@@H]1F. The van der Waals surface area contributed by atoms with Gasteiger partial charge in [0.1, 0.15) is 23.3 Å². The highest BCUT2D eigenvalue weighted by Gasteiger charge is 2.43. The predicted octanol–water partition coefficient (Wildman–Crippen LogP) is 5.08. The molecule has 1 aliphatic heterocycles. The van der Waals surface area contributed by atoms with Gasteiger partial charge in [-0.15, -0.1) is 10.2 Å². The first-order chi connectivity index (χ1) is 20.9. The Morgan fingerprint density at radius 2 is 1.79 bits per heavy atom. The third kappa shape index (κ3) is 5.55. The van der Waals surface area contributed by atoms with E-state index in [0.717, 1.165) is 22.3 Å². The first-order valence-corrected chi connectivity index (χ1v) is 14.0. The van der Waals surface area contributed by atoms with Gasteiger partial charge in [0, 0.05) is 49.0 Å². The minimum atomic E-state index is -2.86. The summed E-state index contributed by atoms with van der Waals surface area (Å²) in [4.78, 5) is 21.4. The lowest BCUT2D eigenvalue weighted by Crippen LogP contribution is -2.48. The maximum atomic E-state index is 13.2. The van der Waals surface area contributed by atoms with Gasteiger partial charge in [0.2, 0.25) is 5.91 Å². The van der Waals surface area contributed by atoms with Crippen LogP contribution in [0.1, 0.15) is 30.4 Å². The van der Waals surface area contributed by atoms with Crippen LogP contribution in [-0.2, 0) is 4.79 Å². The molecule has 3 aromatic heterocycles. The number of hydrogen-bond acceptors (Lipinski definition) is 8. The van der Waals surface area contributed by atoms with E-state index >= 15 is 0 Å². The van der Waals surface area contributed by atoms with E-state index in [4.69, 9.17) is 4.42 Å². The molecule has 2 aromatic carbocycles. The number of carbonyl (C=O) groups is 1. The second-order valence-corrected chi connectivity index (χ2v) is 10.7. The van der Waals surface area contributed by atoms with Crippen LogP contribution < -0.4 is 10.2 Å². The van der Waals surface area contributed by atoms with Gasteiger partial charge in [0.15, 0.2) is 5.82 Å². The summed E-state index contributed by atoms with van der Waals surface area (Å²) in [5.41, 5.74) is 3.01. The van der Waals surface area contributed by atoms with Crippen LogP contribution in [0.2, 0.25) is 0 Å². The number of aromatic nitrogens is 5. The van der Waals surface area contributed by atoms with Crippen LogP contribution in [0.3, 0.4) is 0 Å². The van der Waals surface area contributed by atoms with E-state index in [1.54, 1.807) is 18.3 Å². The molecule has 3 atom stereocenters. The van der Waals surface area contributed by atoms with Crippen molar-refractivity contribution in [3.63, 3.8) is 0 Å². The van der Waals surface area contributed by atoms with Crippen molar-refractivity contribution in [2.24, 2.45) is 5.92 Å². The molecule has 1 saturated heterocycles. The van der Waals surface area contributed by atoms with Crippen LogP contribution in [0.5, 0.6) is 0 Å². The summed E-state index contributed by atoms with van der Waals surface area (Å²) in [6, 6.07) is 20.2. The maximum absolute atomic E-state index is 13.2. The third-order valence-electron chi connectivity index (χ3n) is 7.84. The van der Waals surface area contributed by atoms with Crippen molar-refractivity contribution in [2.75, 3.05) is 36.4 Å². The Bertz CT molecular complexity index is 1750. The Balaban J connectivity index is 1.06. The van der Waals surface area contributed by atoms with Gasteiger partial charge in [-0.1, -0.05) is 35.1 Å². The number of furan rings is 1. The van der Waals surface area contributed by atoms with E-state index in [9.17, 15) is 18.0 Å². The van der Waals surface area contributed by atoms with Crippen molar-refractivity contribution < 1.29 is 22.4 Å². The smallest absolute Gasteiger partial charge is 0.350 e. The number of alkyl halides is 3. The molecule has 220 valence electrons. The number of nitrogens with zero attached hydrogens (tertiary/aromatic N) is 7. The van der Waals surface area contributed by atoms with Crippen LogP contribution in [0.4, 0.5) is 24.7 Å². The Morgan fingerprint density at radius 1 is 1.00 bits per heavy atom. The van der Waals surface area contributed by atoms with Gasteiger partial charge in [-0.25, -0.2) is 9.37 Å². The van der Waals surface area contributed by atoms with Gasteiger partial charge in [-0.3, -0.25) is 9.69 Å². The van der Waals surface area contributed by atoms with Gasteiger partial charge < -0.3 is 14.6 Å². The van der Waals surface area contributed by atoms with Crippen LogP contribution in [0.25, 0.3) is 22.3 Å². The second-order valence-electron chi connectivity index (χ2n) is 10.7. The molecule has 5 aromatic rings. The summed E-state index contributed by atoms with van der Waals surface area (Å²) in [6.45, 7) is -0.324. The lowest BCUT2D eigenvalue weighted by molar-refractivity contribution is -0.117. The van der Waals surface area contributed by atoms with Crippen molar-refractivity contribution in [1.82, 2.24) is 30.1 Å². The normalized spacial score (nSPS) is 19.6. The summed E-state index contributed by atoms with van der Waals surface area (Å²) in [5.74, 6) is 0.805. The average molecular weight is 589 g/mol. The zero-order valence-electron chi connectivity index (χ0n) is 22.9. The number of rotatable bonds is 8. The zero-order chi connectivity index (χ0) is 29.5. The van der Waals surface area contributed by atoms with Gasteiger partial charge in [-0.05, 0) is 53.6 Å². The Labute approximate surface area is 244 Å². The van der Waals surface area contributed by atoms with Crippen LogP contribution in [0.15, 0.2) is 77.3 Å². The third-order valence-corrected chi connectivity index (χ3v) is 7.84. The molecule has 4 heterocycles. The highest BCUT2D eigenvalue weighted by atomic mass is 19.3. The molecule has 1 N–H and O–H groups in total. The number of pyridine rings is 1. The summed E-state index contributed by atoms with van der Waals surface area (Å²) >= 11 is 0. The Kier molecular flexibility index (Phi) is 7.01. The van der Waals surface area contributed by atoms with Crippen LogP contribution >= 0.6 is 0 Å². The number of piperazine rings is 1. The number of anilines is 2. The molecule has 0 spiro atoms. The molecule has 1 amide bonds. The molecule has 1 unspecified atom stereocenters. The fourth-order valence-electron chi connectivity index (χ4n) is 5.47. The summed E-state index contributed by atoms with van der Waals surface area (Å²) in [7, 11) is 0. The second kappa shape index (κ2) is 11.1. The molecular weight excluding hydrogens is 561 g/mol. The quantitative estimate of drug-likeness (QED) is 0.268. The highest BCUT2D eigenvalue weighted by molar-refractivity contribution is 5.97. The zero-order valence-corrected chi connectivity index (χ0v) is 22.9. The number of tetrazole rings is 1. The van der Waals surface area contributed by atoms with E-state index < -0.39 is 24.7 Å². The number of amides is 1. The molecule has 1 aliphatic carbocycles. The Morgan fingerprint density at radius 3 is 2.51 bits per heavy atom. The topological polar surface area (TPSA) is 105 Å². The summed E-state index contributed by atoms with van der Waals surface area (Å²) < 4.78 is 45.7. The monoisotopic (exact) mass is 588 g/mol. The van der Waals surface area contributed by atoms with E-state index in [2.05, 4.69) is 35.5 Å². The fraction of sp³-hybridized carbons (Fsp3) is 0.300. The molecule has 2 aliphatic rings. The van der Waals surface area contributed by atoms with Gasteiger partial charge in [0.05, 0.1) is 12.0 Å². The van der Waals surface area contributed by atoms with Gasteiger partial charge in [0.25, 0.3) is 0 Å². The first-order valence-electron chi connectivity index (χ1n) is 14.0. The fourth-order valence-corrected chi connectivity index (χ4v) is 5.47. The molecule has 13 heteroatoms. The van der Waals surface area contributed by atoms with Crippen LogP contribution in [-0.4, -0.2) is 68.3 Å². The summed E-state index contributed by atoms with van der Waals surface area (Å²) in [6.07, 6.45) is 0.960. The number of carbonyl (C=O) groups excluding carboxylic acids is 1. The lowest BCUT2D eigenvalue weighted by atomic mass is 10.0. The lowest BCUT2D eigenvalue weighted by Gasteiger charge is -2.38. The van der Waals surface area contributed by atoms with Crippen LogP contribution in [0, 0.1) is 5.92 Å². The maximum Gasteiger partial charge on any atom is 0.350 e. The van der Waals surface area contributed by atoms with Crippen molar-refractivity contribution in [2.45, 2.75) is 25.2 Å². The summed E-state index contributed by atoms with van der Waals surface area (Å²) in [5, 5.41) is 15.1. The standard InChI is InChI=1S/C30H27F3N8O2/c31-23-17-22(23)29(42)35-21-6-7-24-20(14-21)15-25(43-24)19-8-9-34-26(16-19)39-10-12-40(13-11-39)27(18-4-2-1-3-5-18)28-36-38-41(37-28)30(32)33/h1-9,14-16,22-23,27,30H,10-13,17H2,(H,35,42)/t22-,23+,27?/m1/s1. The van der Waals surface area contributed by atoms with E-state index in [1.807, 2.05) is 54.6 Å². The van der Waals surface area contributed by atoms with E-state index in [1.165, 1.54) is 0 Å². The molecular formula is C30H27F3N8O2. The van der Waals surface area contributed by atoms with Crippen molar-refractivity contribution >= 4 is 28.4 Å². The highest BCUT2D eigenvalue weighted by Crippen LogP contribution is 2.36. The number of halogens is 3. The molecule has 43 heavy (non-hydrogen) atoms. The Hall–Kier alpha value is -4.78. The molecule has 7 rings (SSSR count).